The van der Waals surface area contributed by atoms with Crippen LogP contribution in [0.2, 0.25) is 0 Å². The monoisotopic (exact) mass is 194 g/mol. The van der Waals surface area contributed by atoms with E-state index in [9.17, 15) is 18.0 Å². The van der Waals surface area contributed by atoms with E-state index in [2.05, 4.69) is 5.32 Å². The molecular weight excluding hydrogens is 185 g/mol. The molecule has 0 heterocycles. The van der Waals surface area contributed by atoms with Gasteiger partial charge in [0.1, 0.15) is 6.54 Å². The molecule has 0 aromatic carbocycles. The van der Waals surface area contributed by atoms with Crippen LogP contribution in [0.3, 0.4) is 0 Å². The normalized spacial score (nSPS) is 10.6. The molecule has 0 fully saturated rings. The Balaban J connectivity index is 3.44. The summed E-state index contributed by atoms with van der Waals surface area (Å²) in [5.74, 6) is -0.522. The van der Waals surface area contributed by atoms with Gasteiger partial charge in [0.15, 0.2) is 0 Å². The number of rotatable bonds is 4. The highest BCUT2D eigenvalue weighted by atomic mass is 19.4. The summed E-state index contributed by atoms with van der Waals surface area (Å²) in [6.45, 7) is -0.162. The number of hydrogen-bond acceptors (Lipinski definition) is 2. The Morgan fingerprint density at radius 1 is 1.46 bits per heavy atom. The van der Waals surface area contributed by atoms with Crippen LogP contribution < -0.4 is 5.32 Å². The van der Waals surface area contributed by atoms with E-state index < -0.39 is 18.5 Å². The van der Waals surface area contributed by atoms with Crippen molar-refractivity contribution in [3.8, 4) is 6.07 Å². The molecule has 0 unspecified atom stereocenters. The van der Waals surface area contributed by atoms with Gasteiger partial charge in [-0.05, 0) is 6.42 Å². The molecule has 0 aromatic heterocycles. The average Bonchev–Trinajstić information content (AvgIpc) is 1.98. The molecule has 0 radical (unpaired) electrons. The number of carbonyl (C=O) groups excluding carboxylic acids is 1. The fraction of sp³-hybridized carbons (Fsp3) is 0.714. The molecule has 0 aliphatic carbocycles. The minimum Gasteiger partial charge on any atom is -0.343 e. The fourth-order valence-electron chi connectivity index (χ4n) is 0.676. The van der Waals surface area contributed by atoms with Gasteiger partial charge in [0.25, 0.3) is 0 Å². The first-order chi connectivity index (χ1) is 5.95. The number of amides is 1. The van der Waals surface area contributed by atoms with Crippen LogP contribution in [0.5, 0.6) is 0 Å². The van der Waals surface area contributed by atoms with Gasteiger partial charge in [-0.3, -0.25) is 4.79 Å². The van der Waals surface area contributed by atoms with Gasteiger partial charge in [0.2, 0.25) is 5.91 Å². The lowest BCUT2D eigenvalue weighted by molar-refractivity contribution is -0.137. The SMILES string of the molecule is N#CCNC(=O)CCCC(F)(F)F. The second kappa shape index (κ2) is 5.41. The van der Waals surface area contributed by atoms with Crippen molar-refractivity contribution in [2.45, 2.75) is 25.4 Å². The largest absolute Gasteiger partial charge is 0.389 e. The predicted octanol–water partition coefficient (Wildman–Crippen LogP) is 1.36. The summed E-state index contributed by atoms with van der Waals surface area (Å²) >= 11 is 0. The second-order valence-electron chi connectivity index (χ2n) is 2.40. The molecule has 0 rings (SSSR count). The summed E-state index contributed by atoms with van der Waals surface area (Å²) in [4.78, 5) is 10.7. The first kappa shape index (κ1) is 11.8. The van der Waals surface area contributed by atoms with Crippen LogP contribution >= 0.6 is 0 Å². The predicted molar refractivity (Wildman–Crippen MR) is 38.5 cm³/mol. The van der Waals surface area contributed by atoms with Crippen LogP contribution in [0.1, 0.15) is 19.3 Å². The van der Waals surface area contributed by atoms with E-state index in [1.165, 1.54) is 0 Å². The first-order valence-corrected chi connectivity index (χ1v) is 3.66. The van der Waals surface area contributed by atoms with Crippen LogP contribution in [-0.2, 0) is 4.79 Å². The molecule has 1 amide bonds. The Kier molecular flexibility index (Phi) is 4.89. The van der Waals surface area contributed by atoms with Gasteiger partial charge in [-0.2, -0.15) is 18.4 Å². The van der Waals surface area contributed by atoms with Gasteiger partial charge < -0.3 is 5.32 Å². The zero-order valence-corrected chi connectivity index (χ0v) is 6.82. The van der Waals surface area contributed by atoms with E-state index in [0.717, 1.165) is 0 Å². The highest BCUT2D eigenvalue weighted by Gasteiger charge is 2.26. The summed E-state index contributed by atoms with van der Waals surface area (Å²) in [5.41, 5.74) is 0. The zero-order valence-electron chi connectivity index (χ0n) is 6.82. The molecule has 6 heteroatoms. The number of alkyl halides is 3. The van der Waals surface area contributed by atoms with Crippen molar-refractivity contribution in [3.63, 3.8) is 0 Å². The van der Waals surface area contributed by atoms with Crippen LogP contribution in [0, 0.1) is 11.3 Å². The fourth-order valence-corrected chi connectivity index (χ4v) is 0.676. The van der Waals surface area contributed by atoms with Gasteiger partial charge in [0, 0.05) is 12.8 Å². The molecule has 0 saturated carbocycles. The van der Waals surface area contributed by atoms with Crippen LogP contribution in [-0.4, -0.2) is 18.6 Å². The van der Waals surface area contributed by atoms with E-state index >= 15 is 0 Å². The Morgan fingerprint density at radius 2 is 2.08 bits per heavy atom. The number of nitrogens with zero attached hydrogens (tertiary/aromatic N) is 1. The highest BCUT2D eigenvalue weighted by molar-refractivity contribution is 5.75. The van der Waals surface area contributed by atoms with Crippen LogP contribution in [0.15, 0.2) is 0 Å². The number of hydrogen-bond donors (Lipinski definition) is 1. The van der Waals surface area contributed by atoms with Crippen molar-refractivity contribution in [2.75, 3.05) is 6.54 Å². The smallest absolute Gasteiger partial charge is 0.343 e. The molecule has 0 aliphatic heterocycles. The zero-order chi connectivity index (χ0) is 10.3. The Morgan fingerprint density at radius 3 is 2.54 bits per heavy atom. The third-order valence-corrected chi connectivity index (χ3v) is 1.23. The quantitative estimate of drug-likeness (QED) is 0.687. The van der Waals surface area contributed by atoms with Crippen LogP contribution in [0.4, 0.5) is 13.2 Å². The molecular formula is C7H9F3N2O. The summed E-state index contributed by atoms with van der Waals surface area (Å²) in [6.07, 6.45) is -5.61. The maximum Gasteiger partial charge on any atom is 0.389 e. The van der Waals surface area contributed by atoms with E-state index in [0.29, 0.717) is 0 Å². The summed E-state index contributed by atoms with van der Waals surface area (Å²) in [6, 6.07) is 1.65. The lowest BCUT2D eigenvalue weighted by Crippen LogP contribution is -2.23. The Labute approximate surface area is 73.5 Å². The average molecular weight is 194 g/mol. The first-order valence-electron chi connectivity index (χ1n) is 3.66. The van der Waals surface area contributed by atoms with Gasteiger partial charge in [-0.25, -0.2) is 0 Å². The number of halogens is 3. The Hall–Kier alpha value is -1.25. The lowest BCUT2D eigenvalue weighted by atomic mass is 10.2. The van der Waals surface area contributed by atoms with E-state index in [1.807, 2.05) is 0 Å². The third-order valence-electron chi connectivity index (χ3n) is 1.23. The minimum absolute atomic E-state index is 0.162. The maximum atomic E-state index is 11.6. The summed E-state index contributed by atoms with van der Waals surface area (Å²) in [5, 5.41) is 10.2. The van der Waals surface area contributed by atoms with Gasteiger partial charge in [-0.1, -0.05) is 0 Å². The number of carbonyl (C=O) groups is 1. The molecule has 3 nitrogen and oxygen atoms in total. The maximum absolute atomic E-state index is 11.6. The van der Waals surface area contributed by atoms with Crippen molar-refractivity contribution in [1.82, 2.24) is 5.32 Å². The number of nitriles is 1. The van der Waals surface area contributed by atoms with E-state index in [1.54, 1.807) is 6.07 Å². The molecule has 0 saturated heterocycles. The molecule has 0 spiro atoms. The van der Waals surface area contributed by atoms with Crippen molar-refractivity contribution in [1.29, 1.82) is 5.26 Å². The van der Waals surface area contributed by atoms with Crippen molar-refractivity contribution in [2.24, 2.45) is 0 Å². The summed E-state index contributed by atoms with van der Waals surface area (Å²) in [7, 11) is 0. The molecule has 74 valence electrons. The molecule has 0 aromatic rings. The van der Waals surface area contributed by atoms with Crippen LogP contribution in [0.25, 0.3) is 0 Å². The minimum atomic E-state index is -4.21. The van der Waals surface area contributed by atoms with E-state index in [-0.39, 0.29) is 19.4 Å². The van der Waals surface area contributed by atoms with Gasteiger partial charge in [0.05, 0.1) is 6.07 Å². The molecule has 1 N–H and O–H groups in total. The molecule has 0 bridgehead atoms. The lowest BCUT2D eigenvalue weighted by Gasteiger charge is -2.04. The van der Waals surface area contributed by atoms with Gasteiger partial charge in [-0.15, -0.1) is 0 Å². The summed E-state index contributed by atoms with van der Waals surface area (Å²) < 4.78 is 34.7. The second-order valence-corrected chi connectivity index (χ2v) is 2.40. The highest BCUT2D eigenvalue weighted by Crippen LogP contribution is 2.21. The number of nitrogens with one attached hydrogen (secondary N) is 1. The standard InChI is InChI=1S/C7H9F3N2O/c8-7(9,10)3-1-2-6(13)12-5-4-11/h1-3,5H2,(H,12,13). The third kappa shape index (κ3) is 8.66. The molecule has 13 heavy (non-hydrogen) atoms. The molecule has 0 atom stereocenters. The van der Waals surface area contributed by atoms with Crippen molar-refractivity contribution >= 4 is 5.91 Å². The van der Waals surface area contributed by atoms with Crippen molar-refractivity contribution in [3.05, 3.63) is 0 Å². The van der Waals surface area contributed by atoms with E-state index in [4.69, 9.17) is 5.26 Å². The van der Waals surface area contributed by atoms with Gasteiger partial charge >= 0.3 is 6.18 Å². The Bertz CT molecular complexity index is 207. The topological polar surface area (TPSA) is 52.9 Å². The van der Waals surface area contributed by atoms with Crippen molar-refractivity contribution < 1.29 is 18.0 Å². The molecule has 0 aliphatic rings.